The zero-order chi connectivity index (χ0) is 19.5. The topological polar surface area (TPSA) is 58.4 Å². The van der Waals surface area contributed by atoms with E-state index < -0.39 is 17.8 Å². The Labute approximate surface area is 162 Å². The molecule has 1 aliphatic heterocycles. The fraction of sp³-hybridized carbons (Fsp3) is 0.182. The summed E-state index contributed by atoms with van der Waals surface area (Å²) in [4.78, 5) is 18.4. The average molecular weight is 377 g/mol. The highest BCUT2D eigenvalue weighted by Crippen LogP contribution is 2.43. The summed E-state index contributed by atoms with van der Waals surface area (Å²) < 4.78 is 16.6. The molecule has 5 nitrogen and oxygen atoms in total. The van der Waals surface area contributed by atoms with Crippen molar-refractivity contribution in [2.24, 2.45) is 0 Å². The van der Waals surface area contributed by atoms with E-state index in [0.717, 1.165) is 0 Å². The van der Waals surface area contributed by atoms with Crippen LogP contribution in [-0.2, 0) is 11.3 Å². The number of amides is 1. The van der Waals surface area contributed by atoms with Gasteiger partial charge in [0.15, 0.2) is 5.76 Å². The van der Waals surface area contributed by atoms with Crippen LogP contribution in [-0.4, -0.2) is 32.0 Å². The summed E-state index contributed by atoms with van der Waals surface area (Å²) in [5.74, 6) is -1.19. The van der Waals surface area contributed by atoms with Crippen molar-refractivity contribution in [3.05, 3.63) is 96.0 Å². The first-order valence-electron chi connectivity index (χ1n) is 9.16. The highest BCUT2D eigenvalue weighted by Gasteiger charge is 2.41. The monoisotopic (exact) mass is 377 g/mol. The number of aromatic nitrogens is 2. The molecule has 0 radical (unpaired) electrons. The summed E-state index contributed by atoms with van der Waals surface area (Å²) >= 11 is 0. The van der Waals surface area contributed by atoms with Gasteiger partial charge in [0.05, 0.1) is 12.4 Å². The summed E-state index contributed by atoms with van der Waals surface area (Å²) in [7, 11) is 0. The van der Waals surface area contributed by atoms with E-state index in [1.807, 2.05) is 41.1 Å². The number of rotatable bonds is 6. The summed E-state index contributed by atoms with van der Waals surface area (Å²) in [5, 5.41) is 10.6. The Bertz CT molecular complexity index is 1000. The lowest BCUT2D eigenvalue weighted by Crippen LogP contribution is -2.32. The third kappa shape index (κ3) is 3.29. The van der Waals surface area contributed by atoms with E-state index in [2.05, 4.69) is 4.98 Å². The maximum absolute atomic E-state index is 14.6. The molecular weight excluding hydrogens is 357 g/mol. The lowest BCUT2D eigenvalue weighted by molar-refractivity contribution is -0.129. The molecule has 1 amide bonds. The number of benzene rings is 2. The number of hydrogen-bond acceptors (Lipinski definition) is 3. The van der Waals surface area contributed by atoms with Crippen molar-refractivity contribution in [1.82, 2.24) is 14.5 Å². The Hall–Kier alpha value is -3.41. The first-order valence-corrected chi connectivity index (χ1v) is 9.16. The summed E-state index contributed by atoms with van der Waals surface area (Å²) in [6.45, 7) is 1.06. The van der Waals surface area contributed by atoms with Crippen LogP contribution in [0.5, 0.6) is 0 Å². The molecule has 0 spiro atoms. The van der Waals surface area contributed by atoms with Crippen molar-refractivity contribution in [2.75, 3.05) is 6.54 Å². The Morgan fingerprint density at radius 3 is 2.50 bits per heavy atom. The second kappa shape index (κ2) is 7.68. The van der Waals surface area contributed by atoms with Crippen LogP contribution < -0.4 is 0 Å². The number of aryl methyl sites for hydroxylation is 1. The Balaban J connectivity index is 1.69. The molecule has 0 aliphatic carbocycles. The quantitative estimate of drug-likeness (QED) is 0.707. The maximum Gasteiger partial charge on any atom is 0.289 e. The van der Waals surface area contributed by atoms with Crippen LogP contribution in [0.25, 0.3) is 5.57 Å². The number of halogens is 1. The predicted molar refractivity (Wildman–Crippen MR) is 104 cm³/mol. The van der Waals surface area contributed by atoms with Crippen molar-refractivity contribution >= 4 is 11.5 Å². The fourth-order valence-corrected chi connectivity index (χ4v) is 3.66. The molecule has 4 rings (SSSR count). The minimum atomic E-state index is -0.668. The van der Waals surface area contributed by atoms with Crippen LogP contribution in [0.2, 0.25) is 0 Å². The molecule has 1 unspecified atom stereocenters. The highest BCUT2D eigenvalue weighted by molar-refractivity contribution is 6.05. The van der Waals surface area contributed by atoms with Gasteiger partial charge in [-0.2, -0.15) is 0 Å². The molecule has 2 heterocycles. The predicted octanol–water partition coefficient (Wildman–Crippen LogP) is 3.97. The molecular formula is C22H20FN3O2. The lowest BCUT2D eigenvalue weighted by Gasteiger charge is -2.27. The molecule has 2 aromatic carbocycles. The van der Waals surface area contributed by atoms with Gasteiger partial charge in [0.1, 0.15) is 5.82 Å². The SMILES string of the molecule is O=C1C(O)=C(c2ccccc2)C(c2ccccc2F)N1CCCn1ccnc1. The Morgan fingerprint density at radius 1 is 1.04 bits per heavy atom. The second-order valence-electron chi connectivity index (χ2n) is 6.70. The molecule has 0 saturated carbocycles. The molecule has 0 saturated heterocycles. The number of carbonyl (C=O) groups excluding carboxylic acids is 1. The third-order valence-electron chi connectivity index (χ3n) is 4.96. The van der Waals surface area contributed by atoms with Crippen LogP contribution in [0.4, 0.5) is 4.39 Å². The van der Waals surface area contributed by atoms with E-state index in [-0.39, 0.29) is 5.76 Å². The highest BCUT2D eigenvalue weighted by atomic mass is 19.1. The van der Waals surface area contributed by atoms with Crippen LogP contribution in [0.3, 0.4) is 0 Å². The molecule has 1 N–H and O–H groups in total. The van der Waals surface area contributed by atoms with Crippen molar-refractivity contribution in [1.29, 1.82) is 0 Å². The van der Waals surface area contributed by atoms with Gasteiger partial charge in [0.25, 0.3) is 5.91 Å². The van der Waals surface area contributed by atoms with E-state index in [1.165, 1.54) is 6.07 Å². The lowest BCUT2D eigenvalue weighted by atomic mass is 9.93. The van der Waals surface area contributed by atoms with E-state index >= 15 is 0 Å². The Morgan fingerprint density at radius 2 is 1.79 bits per heavy atom. The second-order valence-corrected chi connectivity index (χ2v) is 6.70. The normalized spacial score (nSPS) is 16.8. The standard InChI is InChI=1S/C22H20FN3O2/c23-18-10-5-4-9-17(18)20-19(16-7-2-1-3-8-16)21(27)22(28)26(20)13-6-12-25-14-11-24-15-25/h1-5,7-11,14-15,20,27H,6,12-13H2. The van der Waals surface area contributed by atoms with Crippen LogP contribution in [0, 0.1) is 5.82 Å². The van der Waals surface area contributed by atoms with Crippen LogP contribution >= 0.6 is 0 Å². The number of aliphatic hydroxyl groups is 1. The largest absolute Gasteiger partial charge is 0.503 e. The Kier molecular flexibility index (Phi) is 4.93. The van der Waals surface area contributed by atoms with Gasteiger partial charge in [-0.05, 0) is 18.1 Å². The van der Waals surface area contributed by atoms with E-state index in [1.54, 1.807) is 35.6 Å². The number of aliphatic hydroxyl groups excluding tert-OH is 1. The third-order valence-corrected chi connectivity index (χ3v) is 4.96. The summed E-state index contributed by atoms with van der Waals surface area (Å²) in [6.07, 6.45) is 5.92. The number of carbonyl (C=O) groups is 1. The van der Waals surface area contributed by atoms with Gasteiger partial charge < -0.3 is 14.6 Å². The smallest absolute Gasteiger partial charge is 0.289 e. The van der Waals surface area contributed by atoms with Crippen molar-refractivity contribution < 1.29 is 14.3 Å². The van der Waals surface area contributed by atoms with Gasteiger partial charge in [0, 0.05) is 36.6 Å². The molecule has 28 heavy (non-hydrogen) atoms. The average Bonchev–Trinajstić information content (AvgIpc) is 3.31. The fourth-order valence-electron chi connectivity index (χ4n) is 3.66. The molecule has 3 aromatic rings. The summed E-state index contributed by atoms with van der Waals surface area (Å²) in [6, 6.07) is 14.9. The van der Waals surface area contributed by atoms with Crippen LogP contribution in [0.1, 0.15) is 23.6 Å². The van der Waals surface area contributed by atoms with Gasteiger partial charge in [-0.3, -0.25) is 4.79 Å². The minimum Gasteiger partial charge on any atom is -0.503 e. The molecule has 6 heteroatoms. The van der Waals surface area contributed by atoms with Gasteiger partial charge in [-0.15, -0.1) is 0 Å². The molecule has 1 aromatic heterocycles. The molecule has 1 atom stereocenters. The number of hydrogen-bond donors (Lipinski definition) is 1. The maximum atomic E-state index is 14.6. The van der Waals surface area contributed by atoms with Gasteiger partial charge in [0.2, 0.25) is 0 Å². The van der Waals surface area contributed by atoms with Gasteiger partial charge in [-0.25, -0.2) is 9.37 Å². The molecule has 0 fully saturated rings. The van der Waals surface area contributed by atoms with Crippen molar-refractivity contribution in [3.8, 4) is 0 Å². The molecule has 142 valence electrons. The van der Waals surface area contributed by atoms with Crippen molar-refractivity contribution in [2.45, 2.75) is 19.0 Å². The molecule has 0 bridgehead atoms. The van der Waals surface area contributed by atoms with Crippen molar-refractivity contribution in [3.63, 3.8) is 0 Å². The zero-order valence-corrected chi connectivity index (χ0v) is 15.2. The first-order chi connectivity index (χ1) is 13.7. The number of nitrogens with zero attached hydrogens (tertiary/aromatic N) is 3. The van der Waals surface area contributed by atoms with Gasteiger partial charge >= 0.3 is 0 Å². The zero-order valence-electron chi connectivity index (χ0n) is 15.2. The summed E-state index contributed by atoms with van der Waals surface area (Å²) in [5.41, 5.74) is 1.53. The molecule has 1 aliphatic rings. The first kappa shape index (κ1) is 18.0. The van der Waals surface area contributed by atoms with Crippen LogP contribution in [0.15, 0.2) is 79.1 Å². The van der Waals surface area contributed by atoms with Gasteiger partial charge in [-0.1, -0.05) is 48.5 Å². The van der Waals surface area contributed by atoms with E-state index in [0.29, 0.717) is 36.2 Å². The minimum absolute atomic E-state index is 0.318. The number of imidazole rings is 1. The van der Waals surface area contributed by atoms with E-state index in [4.69, 9.17) is 0 Å². The van der Waals surface area contributed by atoms with E-state index in [9.17, 15) is 14.3 Å².